The number of hydrogen-bond donors (Lipinski definition) is 1. The van der Waals surface area contributed by atoms with Crippen molar-refractivity contribution in [3.8, 4) is 0 Å². The number of sulfonamides is 1. The van der Waals surface area contributed by atoms with Crippen LogP contribution in [0.1, 0.15) is 32.1 Å². The molecule has 116 valence electrons. The molecule has 2 N–H and O–H groups in total. The van der Waals surface area contributed by atoms with Gasteiger partial charge >= 0.3 is 0 Å². The maximum atomic E-state index is 14.0. The SMILES string of the molecule is Nc1cc(F)c(S(=O)(=O)N2CCC3CCCCC32)c(F)c1. The third kappa shape index (κ3) is 2.42. The molecule has 3 rings (SSSR count). The first kappa shape index (κ1) is 14.7. The molecule has 1 saturated carbocycles. The van der Waals surface area contributed by atoms with E-state index >= 15 is 0 Å². The lowest BCUT2D eigenvalue weighted by Crippen LogP contribution is -2.39. The highest BCUT2D eigenvalue weighted by molar-refractivity contribution is 7.89. The Hall–Kier alpha value is -1.21. The van der Waals surface area contributed by atoms with E-state index in [9.17, 15) is 17.2 Å². The van der Waals surface area contributed by atoms with Gasteiger partial charge in [0.2, 0.25) is 10.0 Å². The fourth-order valence-corrected chi connectivity index (χ4v) is 5.43. The predicted octanol–water partition coefficient (Wildman–Crippen LogP) is 2.50. The summed E-state index contributed by atoms with van der Waals surface area (Å²) in [5, 5.41) is 0. The molecule has 2 unspecified atom stereocenters. The lowest BCUT2D eigenvalue weighted by atomic mass is 9.86. The van der Waals surface area contributed by atoms with E-state index in [1.54, 1.807) is 0 Å². The quantitative estimate of drug-likeness (QED) is 0.853. The van der Waals surface area contributed by atoms with Crippen molar-refractivity contribution in [2.75, 3.05) is 12.3 Å². The summed E-state index contributed by atoms with van der Waals surface area (Å²) in [6.45, 7) is 0.334. The molecule has 1 saturated heterocycles. The Morgan fingerprint density at radius 2 is 1.71 bits per heavy atom. The highest BCUT2D eigenvalue weighted by Crippen LogP contribution is 2.40. The molecular formula is C14H18F2N2O2S. The summed E-state index contributed by atoms with van der Waals surface area (Å²) in [5.74, 6) is -1.92. The lowest BCUT2D eigenvalue weighted by Gasteiger charge is -2.31. The molecule has 1 heterocycles. The van der Waals surface area contributed by atoms with Gasteiger partial charge in [0.15, 0.2) is 4.90 Å². The van der Waals surface area contributed by atoms with Crippen LogP contribution in [-0.2, 0) is 10.0 Å². The van der Waals surface area contributed by atoms with Gasteiger partial charge in [-0.25, -0.2) is 17.2 Å². The van der Waals surface area contributed by atoms with E-state index in [1.807, 2.05) is 0 Å². The summed E-state index contributed by atoms with van der Waals surface area (Å²) in [6, 6.07) is 1.58. The van der Waals surface area contributed by atoms with E-state index in [1.165, 1.54) is 4.31 Å². The lowest BCUT2D eigenvalue weighted by molar-refractivity contribution is 0.259. The number of benzene rings is 1. The number of fused-ring (bicyclic) bond motifs is 1. The highest BCUT2D eigenvalue weighted by Gasteiger charge is 2.44. The third-order valence-corrected chi connectivity index (χ3v) is 6.52. The summed E-state index contributed by atoms with van der Waals surface area (Å²) < 4.78 is 54.5. The second-order valence-corrected chi connectivity index (χ2v) is 7.66. The number of hydrogen-bond acceptors (Lipinski definition) is 3. The second kappa shape index (κ2) is 5.21. The minimum absolute atomic E-state index is 0.124. The van der Waals surface area contributed by atoms with E-state index in [4.69, 9.17) is 5.73 Å². The van der Waals surface area contributed by atoms with Crippen molar-refractivity contribution in [1.82, 2.24) is 4.31 Å². The second-order valence-electron chi connectivity index (χ2n) is 5.83. The van der Waals surface area contributed by atoms with E-state index in [0.29, 0.717) is 12.5 Å². The van der Waals surface area contributed by atoms with Gasteiger partial charge in [-0.2, -0.15) is 4.31 Å². The predicted molar refractivity (Wildman–Crippen MR) is 75.0 cm³/mol. The Labute approximate surface area is 123 Å². The number of halogens is 2. The molecule has 1 aliphatic heterocycles. The van der Waals surface area contributed by atoms with Crippen LogP contribution in [0, 0.1) is 17.6 Å². The Kier molecular flexibility index (Phi) is 3.65. The molecular weight excluding hydrogens is 298 g/mol. The molecule has 1 aliphatic carbocycles. The maximum Gasteiger partial charge on any atom is 0.249 e. The van der Waals surface area contributed by atoms with Crippen molar-refractivity contribution < 1.29 is 17.2 Å². The van der Waals surface area contributed by atoms with E-state index < -0.39 is 26.6 Å². The zero-order valence-electron chi connectivity index (χ0n) is 11.6. The van der Waals surface area contributed by atoms with Crippen LogP contribution in [0.4, 0.5) is 14.5 Å². The largest absolute Gasteiger partial charge is 0.399 e. The summed E-state index contributed by atoms with van der Waals surface area (Å²) in [5.41, 5.74) is 5.22. The molecule has 4 nitrogen and oxygen atoms in total. The van der Waals surface area contributed by atoms with Crippen molar-refractivity contribution in [2.24, 2.45) is 5.92 Å². The van der Waals surface area contributed by atoms with E-state index in [2.05, 4.69) is 0 Å². The molecule has 0 amide bonds. The fraction of sp³-hybridized carbons (Fsp3) is 0.571. The highest BCUT2D eigenvalue weighted by atomic mass is 32.2. The zero-order chi connectivity index (χ0) is 15.2. The van der Waals surface area contributed by atoms with Gasteiger partial charge < -0.3 is 5.73 Å². The van der Waals surface area contributed by atoms with Crippen LogP contribution in [0.25, 0.3) is 0 Å². The molecule has 0 bridgehead atoms. The summed E-state index contributed by atoms with van der Waals surface area (Å²) in [7, 11) is -4.16. The first-order valence-corrected chi connectivity index (χ1v) is 8.61. The van der Waals surface area contributed by atoms with Crippen LogP contribution >= 0.6 is 0 Å². The van der Waals surface area contributed by atoms with Gasteiger partial charge in [-0.05, 0) is 37.3 Å². The van der Waals surface area contributed by atoms with Gasteiger partial charge in [0.25, 0.3) is 0 Å². The first-order valence-electron chi connectivity index (χ1n) is 7.17. The van der Waals surface area contributed by atoms with E-state index in [0.717, 1.165) is 44.2 Å². The van der Waals surface area contributed by atoms with E-state index in [-0.39, 0.29) is 11.7 Å². The van der Waals surface area contributed by atoms with Gasteiger partial charge in [-0.1, -0.05) is 12.8 Å². The number of nitrogens with zero attached hydrogens (tertiary/aromatic N) is 1. The van der Waals surface area contributed by atoms with Crippen molar-refractivity contribution in [3.63, 3.8) is 0 Å². The molecule has 21 heavy (non-hydrogen) atoms. The van der Waals surface area contributed by atoms with Gasteiger partial charge in [0, 0.05) is 18.3 Å². The van der Waals surface area contributed by atoms with Crippen molar-refractivity contribution in [3.05, 3.63) is 23.8 Å². The molecule has 1 aromatic carbocycles. The van der Waals surface area contributed by atoms with Gasteiger partial charge in [0.1, 0.15) is 11.6 Å². The molecule has 2 aliphatic rings. The monoisotopic (exact) mass is 316 g/mol. The summed E-state index contributed by atoms with van der Waals surface area (Å²) in [6.07, 6.45) is 4.58. The Bertz CT molecular complexity index is 640. The first-order chi connectivity index (χ1) is 9.91. The van der Waals surface area contributed by atoms with Crippen LogP contribution in [0.5, 0.6) is 0 Å². The number of nitrogens with two attached hydrogens (primary N) is 1. The van der Waals surface area contributed by atoms with Crippen LogP contribution in [0.2, 0.25) is 0 Å². The van der Waals surface area contributed by atoms with Crippen LogP contribution in [0.3, 0.4) is 0 Å². The maximum absolute atomic E-state index is 14.0. The number of nitrogen functional groups attached to an aromatic ring is 1. The Morgan fingerprint density at radius 1 is 1.10 bits per heavy atom. The standard InChI is InChI=1S/C14H18F2N2O2S/c15-11-7-10(17)8-12(16)14(11)21(19,20)18-6-5-9-3-1-2-4-13(9)18/h7-9,13H,1-6,17H2. The van der Waals surface area contributed by atoms with Gasteiger partial charge in [0.05, 0.1) is 0 Å². The summed E-state index contributed by atoms with van der Waals surface area (Å²) >= 11 is 0. The molecule has 0 spiro atoms. The van der Waals surface area contributed by atoms with Gasteiger partial charge in [-0.15, -0.1) is 0 Å². The molecule has 1 aromatic rings. The van der Waals surface area contributed by atoms with Crippen LogP contribution < -0.4 is 5.73 Å². The molecule has 0 radical (unpaired) electrons. The Morgan fingerprint density at radius 3 is 2.38 bits per heavy atom. The average molecular weight is 316 g/mol. The topological polar surface area (TPSA) is 63.4 Å². The van der Waals surface area contributed by atoms with Crippen molar-refractivity contribution in [2.45, 2.75) is 43.0 Å². The Balaban J connectivity index is 2.01. The molecule has 0 aromatic heterocycles. The number of rotatable bonds is 2. The van der Waals surface area contributed by atoms with Crippen molar-refractivity contribution in [1.29, 1.82) is 0 Å². The molecule has 7 heteroatoms. The van der Waals surface area contributed by atoms with Crippen LogP contribution in [0.15, 0.2) is 17.0 Å². The average Bonchev–Trinajstić information content (AvgIpc) is 2.81. The smallest absolute Gasteiger partial charge is 0.249 e. The third-order valence-electron chi connectivity index (χ3n) is 4.55. The minimum Gasteiger partial charge on any atom is -0.399 e. The zero-order valence-corrected chi connectivity index (χ0v) is 12.4. The normalized spacial score (nSPS) is 26.8. The van der Waals surface area contributed by atoms with Crippen molar-refractivity contribution >= 4 is 15.7 Å². The minimum atomic E-state index is -4.16. The number of anilines is 1. The fourth-order valence-electron chi connectivity index (χ4n) is 3.60. The summed E-state index contributed by atoms with van der Waals surface area (Å²) in [4.78, 5) is -0.872. The van der Waals surface area contributed by atoms with Gasteiger partial charge in [-0.3, -0.25) is 0 Å². The van der Waals surface area contributed by atoms with Crippen LogP contribution in [-0.4, -0.2) is 25.3 Å². The molecule has 2 atom stereocenters. The molecule has 2 fully saturated rings.